The topological polar surface area (TPSA) is 108 Å². The van der Waals surface area contributed by atoms with Crippen LogP contribution >= 0.6 is 7.82 Å². The molecule has 0 aromatic carbocycles. The summed E-state index contributed by atoms with van der Waals surface area (Å²) in [5.74, 6) is -0.154. The number of carbonyl (C=O) groups excluding carboxylic acids is 1. The van der Waals surface area contributed by atoms with Gasteiger partial charge in [0.25, 0.3) is 7.82 Å². The summed E-state index contributed by atoms with van der Waals surface area (Å²) < 4.78 is 23.5. The van der Waals surface area contributed by atoms with E-state index < -0.39 is 20.0 Å². The van der Waals surface area contributed by atoms with E-state index in [1.54, 1.807) is 0 Å². The van der Waals surface area contributed by atoms with Crippen LogP contribution in [0.4, 0.5) is 0 Å². The van der Waals surface area contributed by atoms with Gasteiger partial charge in [0, 0.05) is 6.42 Å². The summed E-state index contributed by atoms with van der Waals surface area (Å²) in [7, 11) is 1.33. The first-order valence-corrected chi connectivity index (χ1v) is 34.3. The minimum atomic E-state index is -4.57. The van der Waals surface area contributed by atoms with E-state index >= 15 is 0 Å². The van der Waals surface area contributed by atoms with Crippen LogP contribution in [0.5, 0.6) is 0 Å². The summed E-state index contributed by atoms with van der Waals surface area (Å²) in [6.45, 7) is 4.79. The molecule has 3 unspecified atom stereocenters. The molecule has 0 saturated carbocycles. The maximum absolute atomic E-state index is 13.0. The van der Waals surface area contributed by atoms with Crippen LogP contribution in [-0.4, -0.2) is 68.5 Å². The van der Waals surface area contributed by atoms with Crippen LogP contribution in [-0.2, 0) is 18.4 Å². The SMILES string of the molecule is CCCCCCCCCCCCCCCCCCCCCCCCCCCCCCCCCC(=O)NC(COP(=O)([O-])OCC[N+](C)(C)C)C(O)CCCCCCCCCCCCCCCCCCCCCC. The Morgan fingerprint density at radius 3 is 0.932 bits per heavy atom. The van der Waals surface area contributed by atoms with E-state index in [-0.39, 0.29) is 19.1 Å². The second kappa shape index (κ2) is 56.2. The van der Waals surface area contributed by atoms with Crippen LogP contribution in [0.1, 0.15) is 354 Å². The minimum Gasteiger partial charge on any atom is -0.756 e. The highest BCUT2D eigenvalue weighted by atomic mass is 31.2. The molecule has 0 aliphatic rings. The van der Waals surface area contributed by atoms with E-state index in [2.05, 4.69) is 19.2 Å². The highest BCUT2D eigenvalue weighted by Gasteiger charge is 2.24. The Balaban J connectivity index is 3.98. The van der Waals surface area contributed by atoms with Gasteiger partial charge in [-0.1, -0.05) is 335 Å². The Labute approximate surface area is 457 Å². The van der Waals surface area contributed by atoms with E-state index in [0.29, 0.717) is 23.9 Å². The molecule has 0 fully saturated rings. The largest absolute Gasteiger partial charge is 0.756 e. The number of hydrogen-bond donors (Lipinski definition) is 2. The molecule has 0 aromatic heterocycles. The van der Waals surface area contributed by atoms with Crippen LogP contribution in [0.15, 0.2) is 0 Å². The number of aliphatic hydroxyl groups excluding tert-OH is 1. The molecule has 0 radical (unpaired) electrons. The second-order valence-electron chi connectivity index (χ2n) is 24.2. The maximum Gasteiger partial charge on any atom is 0.268 e. The lowest BCUT2D eigenvalue weighted by Crippen LogP contribution is -2.46. The van der Waals surface area contributed by atoms with Crippen molar-refractivity contribution in [2.75, 3.05) is 40.9 Å². The number of rotatable bonds is 62. The summed E-state index contributed by atoms with van der Waals surface area (Å²) in [6, 6.07) is -0.796. The van der Waals surface area contributed by atoms with Gasteiger partial charge in [0.2, 0.25) is 5.91 Å². The van der Waals surface area contributed by atoms with Gasteiger partial charge in [-0.3, -0.25) is 9.36 Å². The predicted molar refractivity (Wildman–Crippen MR) is 316 cm³/mol. The molecular weight excluding hydrogens is 924 g/mol. The van der Waals surface area contributed by atoms with Crippen LogP contribution in [0.3, 0.4) is 0 Å². The molecule has 0 saturated heterocycles. The number of unbranched alkanes of at least 4 members (excludes halogenated alkanes) is 49. The lowest BCUT2D eigenvalue weighted by atomic mass is 10.0. The van der Waals surface area contributed by atoms with Crippen molar-refractivity contribution in [2.24, 2.45) is 0 Å². The standard InChI is InChI=1S/C64H131N2O6P/c1-6-8-10-12-14-16-18-20-22-24-26-28-29-30-31-32-33-34-35-36-37-38-40-42-44-46-48-50-52-54-56-58-64(68)65-62(61-72-73(69,70)71-60-59-66(3,4)5)63(67)57-55-53-51-49-47-45-43-41-39-27-25-23-21-19-17-15-13-11-9-7-2/h62-63,67H,6-61H2,1-5H3,(H-,65,68,69,70). The Morgan fingerprint density at radius 2 is 0.671 bits per heavy atom. The normalized spacial score (nSPS) is 13.7. The smallest absolute Gasteiger partial charge is 0.268 e. The van der Waals surface area contributed by atoms with Gasteiger partial charge in [-0.15, -0.1) is 0 Å². The molecule has 1 amide bonds. The lowest BCUT2D eigenvalue weighted by Gasteiger charge is -2.30. The first-order chi connectivity index (χ1) is 35.5. The van der Waals surface area contributed by atoms with Gasteiger partial charge in [0.15, 0.2) is 0 Å². The van der Waals surface area contributed by atoms with Crippen molar-refractivity contribution < 1.29 is 32.9 Å². The third-order valence-corrected chi connectivity index (χ3v) is 16.6. The zero-order valence-corrected chi connectivity index (χ0v) is 51.0. The number of nitrogens with zero attached hydrogens (tertiary/aromatic N) is 1. The van der Waals surface area contributed by atoms with Crippen molar-refractivity contribution in [1.29, 1.82) is 0 Å². The van der Waals surface area contributed by atoms with Gasteiger partial charge in [-0.25, -0.2) is 0 Å². The molecule has 2 N–H and O–H groups in total. The van der Waals surface area contributed by atoms with E-state index in [1.165, 1.54) is 289 Å². The molecule has 0 rings (SSSR count). The summed E-state index contributed by atoms with van der Waals surface area (Å²) >= 11 is 0. The summed E-state index contributed by atoms with van der Waals surface area (Å²) in [4.78, 5) is 25.6. The Kier molecular flexibility index (Phi) is 55.8. The molecule has 0 aliphatic heterocycles. The molecule has 8 nitrogen and oxygen atoms in total. The summed E-state index contributed by atoms with van der Waals surface area (Å²) in [5, 5.41) is 14.1. The fourth-order valence-electron chi connectivity index (χ4n) is 10.5. The molecule has 9 heteroatoms. The molecular formula is C64H131N2O6P. The van der Waals surface area contributed by atoms with Gasteiger partial charge in [0.05, 0.1) is 39.9 Å². The zero-order chi connectivity index (χ0) is 53.5. The Morgan fingerprint density at radius 1 is 0.425 bits per heavy atom. The number of hydrogen-bond acceptors (Lipinski definition) is 6. The van der Waals surface area contributed by atoms with Crippen LogP contribution < -0.4 is 10.2 Å². The summed E-state index contributed by atoms with van der Waals surface area (Å²) in [6.07, 6.45) is 68.8. The second-order valence-corrected chi connectivity index (χ2v) is 25.6. The van der Waals surface area contributed by atoms with Gasteiger partial charge in [0.1, 0.15) is 13.2 Å². The highest BCUT2D eigenvalue weighted by molar-refractivity contribution is 7.45. The average molecular weight is 1060 g/mol. The Bertz CT molecular complexity index is 1150. The number of quaternary nitrogens is 1. The van der Waals surface area contributed by atoms with Gasteiger partial charge in [-0.05, 0) is 12.8 Å². The number of amides is 1. The van der Waals surface area contributed by atoms with E-state index in [9.17, 15) is 19.4 Å². The van der Waals surface area contributed by atoms with Crippen molar-refractivity contribution in [3.8, 4) is 0 Å². The Hall–Kier alpha value is -0.500. The number of likely N-dealkylation sites (N-methyl/N-ethyl adjacent to an activating group) is 1. The maximum atomic E-state index is 13.0. The van der Waals surface area contributed by atoms with Gasteiger partial charge < -0.3 is 28.8 Å². The lowest BCUT2D eigenvalue weighted by molar-refractivity contribution is -0.870. The fourth-order valence-corrected chi connectivity index (χ4v) is 11.2. The number of phosphoric acid groups is 1. The van der Waals surface area contributed by atoms with Gasteiger partial charge >= 0.3 is 0 Å². The van der Waals surface area contributed by atoms with Crippen molar-refractivity contribution in [1.82, 2.24) is 5.32 Å². The molecule has 3 atom stereocenters. The van der Waals surface area contributed by atoms with Crippen LogP contribution in [0.2, 0.25) is 0 Å². The number of phosphoric ester groups is 1. The van der Waals surface area contributed by atoms with Crippen molar-refractivity contribution >= 4 is 13.7 Å². The molecule has 0 bridgehead atoms. The molecule has 0 spiro atoms. The van der Waals surface area contributed by atoms with Crippen molar-refractivity contribution in [2.45, 2.75) is 366 Å². The number of nitrogens with one attached hydrogen (secondary N) is 1. The predicted octanol–water partition coefficient (Wildman–Crippen LogP) is 19.8. The molecule has 0 heterocycles. The first kappa shape index (κ1) is 72.5. The van der Waals surface area contributed by atoms with E-state index in [0.717, 1.165) is 38.5 Å². The van der Waals surface area contributed by atoms with E-state index in [1.807, 2.05) is 21.1 Å². The third-order valence-electron chi connectivity index (χ3n) is 15.6. The van der Waals surface area contributed by atoms with Crippen LogP contribution in [0, 0.1) is 0 Å². The third kappa shape index (κ3) is 59.0. The molecule has 0 aromatic rings. The van der Waals surface area contributed by atoms with Crippen molar-refractivity contribution in [3.05, 3.63) is 0 Å². The van der Waals surface area contributed by atoms with Crippen molar-refractivity contribution in [3.63, 3.8) is 0 Å². The summed E-state index contributed by atoms with van der Waals surface area (Å²) in [5.41, 5.74) is 0. The first-order valence-electron chi connectivity index (χ1n) is 32.9. The van der Waals surface area contributed by atoms with E-state index in [4.69, 9.17) is 9.05 Å². The van der Waals surface area contributed by atoms with Gasteiger partial charge in [-0.2, -0.15) is 0 Å². The quantitative estimate of drug-likeness (QED) is 0.0357. The monoisotopic (exact) mass is 1050 g/mol. The minimum absolute atomic E-state index is 0.0168. The molecule has 73 heavy (non-hydrogen) atoms. The van der Waals surface area contributed by atoms with Crippen LogP contribution in [0.25, 0.3) is 0 Å². The zero-order valence-electron chi connectivity index (χ0n) is 50.1. The number of aliphatic hydroxyl groups is 1. The molecule has 0 aliphatic carbocycles. The number of carbonyl (C=O) groups is 1. The molecule has 438 valence electrons. The average Bonchev–Trinajstić information content (AvgIpc) is 3.35. The highest BCUT2D eigenvalue weighted by Crippen LogP contribution is 2.38. The fraction of sp³-hybridized carbons (Fsp3) is 0.984.